The first-order valence-corrected chi connectivity index (χ1v) is 13.1. The van der Waals surface area contributed by atoms with Crippen molar-refractivity contribution in [1.29, 1.82) is 0 Å². The Morgan fingerprint density at radius 1 is 0.526 bits per heavy atom. The first-order valence-electron chi connectivity index (χ1n) is 12.7. The van der Waals surface area contributed by atoms with Crippen LogP contribution in [0.15, 0.2) is 109 Å². The highest BCUT2D eigenvalue weighted by Gasteiger charge is 2.35. The fourth-order valence-electron chi connectivity index (χ4n) is 5.74. The van der Waals surface area contributed by atoms with Gasteiger partial charge in [0.25, 0.3) is 0 Å². The molecule has 1 aromatic heterocycles. The highest BCUT2D eigenvalue weighted by molar-refractivity contribution is 6.28. The lowest BCUT2D eigenvalue weighted by molar-refractivity contribution is 0.660. The second kappa shape index (κ2) is 8.61. The van der Waals surface area contributed by atoms with Gasteiger partial charge in [0.05, 0.1) is 0 Å². The molecule has 1 heterocycles. The predicted octanol–water partition coefficient (Wildman–Crippen LogP) is 8.99. The molecular formula is C34H24ClN3. The fraction of sp³-hybridized carbons (Fsp3) is 0.0882. The van der Waals surface area contributed by atoms with E-state index in [0.717, 1.165) is 16.5 Å². The molecule has 1 aliphatic carbocycles. The highest BCUT2D eigenvalue weighted by Crippen LogP contribution is 2.49. The molecule has 0 spiro atoms. The van der Waals surface area contributed by atoms with Gasteiger partial charge in [-0.15, -0.1) is 0 Å². The van der Waals surface area contributed by atoms with Crippen molar-refractivity contribution in [3.05, 3.63) is 126 Å². The normalized spacial score (nSPS) is 13.3. The molecule has 182 valence electrons. The third-order valence-corrected chi connectivity index (χ3v) is 7.84. The van der Waals surface area contributed by atoms with Crippen molar-refractivity contribution >= 4 is 22.4 Å². The highest BCUT2D eigenvalue weighted by atomic mass is 35.5. The minimum absolute atomic E-state index is 0.0336. The van der Waals surface area contributed by atoms with E-state index in [0.29, 0.717) is 11.6 Å². The minimum Gasteiger partial charge on any atom is -0.208 e. The molecule has 1 aliphatic rings. The summed E-state index contributed by atoms with van der Waals surface area (Å²) in [6.07, 6.45) is 0. The summed E-state index contributed by atoms with van der Waals surface area (Å²) in [6.45, 7) is 4.64. The molecule has 0 aliphatic heterocycles. The molecule has 6 aromatic rings. The number of fused-ring (bicyclic) bond motifs is 4. The largest absolute Gasteiger partial charge is 0.226 e. The Kier molecular flexibility index (Phi) is 5.17. The Morgan fingerprint density at radius 3 is 2.05 bits per heavy atom. The molecule has 0 saturated carbocycles. The van der Waals surface area contributed by atoms with Crippen molar-refractivity contribution in [3.8, 4) is 45.0 Å². The van der Waals surface area contributed by atoms with E-state index >= 15 is 0 Å². The number of nitrogens with zero attached hydrogens (tertiary/aromatic N) is 3. The average Bonchev–Trinajstić information content (AvgIpc) is 3.18. The molecular weight excluding hydrogens is 486 g/mol. The van der Waals surface area contributed by atoms with Crippen LogP contribution < -0.4 is 0 Å². The zero-order chi connectivity index (χ0) is 25.9. The number of hydrogen-bond donors (Lipinski definition) is 0. The first kappa shape index (κ1) is 22.8. The monoisotopic (exact) mass is 509 g/mol. The topological polar surface area (TPSA) is 38.7 Å². The van der Waals surface area contributed by atoms with E-state index in [1.165, 1.54) is 38.8 Å². The number of hydrogen-bond acceptors (Lipinski definition) is 3. The molecule has 38 heavy (non-hydrogen) atoms. The van der Waals surface area contributed by atoms with Gasteiger partial charge in [-0.25, -0.2) is 4.98 Å². The lowest BCUT2D eigenvalue weighted by Gasteiger charge is -2.22. The summed E-state index contributed by atoms with van der Waals surface area (Å²) in [5.41, 5.74) is 9.64. The fourth-order valence-corrected chi connectivity index (χ4v) is 5.90. The van der Waals surface area contributed by atoms with Gasteiger partial charge in [0.2, 0.25) is 5.28 Å². The maximum absolute atomic E-state index is 6.31. The zero-order valence-corrected chi connectivity index (χ0v) is 21.9. The maximum atomic E-state index is 6.31. The molecule has 0 atom stereocenters. The molecule has 0 radical (unpaired) electrons. The van der Waals surface area contributed by atoms with Gasteiger partial charge in [0, 0.05) is 16.5 Å². The van der Waals surface area contributed by atoms with Crippen LogP contribution in [-0.4, -0.2) is 15.0 Å². The molecule has 0 saturated heterocycles. The minimum atomic E-state index is -0.0336. The zero-order valence-electron chi connectivity index (χ0n) is 21.1. The van der Waals surface area contributed by atoms with E-state index in [1.54, 1.807) is 0 Å². The maximum Gasteiger partial charge on any atom is 0.226 e. The summed E-state index contributed by atoms with van der Waals surface area (Å²) in [4.78, 5) is 13.5. The van der Waals surface area contributed by atoms with Crippen molar-refractivity contribution in [2.24, 2.45) is 0 Å². The number of halogens is 1. The Bertz CT molecular complexity index is 1860. The smallest absolute Gasteiger partial charge is 0.208 e. The van der Waals surface area contributed by atoms with Gasteiger partial charge < -0.3 is 0 Å². The van der Waals surface area contributed by atoms with Crippen molar-refractivity contribution in [2.75, 3.05) is 0 Å². The van der Waals surface area contributed by atoms with Crippen LogP contribution >= 0.6 is 11.6 Å². The van der Waals surface area contributed by atoms with Crippen LogP contribution in [0, 0.1) is 0 Å². The van der Waals surface area contributed by atoms with Crippen LogP contribution in [0.1, 0.15) is 25.0 Å². The number of rotatable bonds is 3. The van der Waals surface area contributed by atoms with Crippen LogP contribution in [-0.2, 0) is 5.41 Å². The van der Waals surface area contributed by atoms with Gasteiger partial charge >= 0.3 is 0 Å². The van der Waals surface area contributed by atoms with E-state index in [2.05, 4.69) is 103 Å². The lowest BCUT2D eigenvalue weighted by atomic mass is 9.81. The Balaban J connectivity index is 1.32. The van der Waals surface area contributed by atoms with Crippen LogP contribution in [0.3, 0.4) is 0 Å². The number of aromatic nitrogens is 3. The van der Waals surface area contributed by atoms with Crippen LogP contribution in [0.4, 0.5) is 0 Å². The Labute approximate surface area is 226 Å². The lowest BCUT2D eigenvalue weighted by Crippen LogP contribution is -2.14. The van der Waals surface area contributed by atoms with E-state index in [-0.39, 0.29) is 10.7 Å². The van der Waals surface area contributed by atoms with E-state index < -0.39 is 0 Å². The summed E-state index contributed by atoms with van der Waals surface area (Å²) < 4.78 is 0. The van der Waals surface area contributed by atoms with Gasteiger partial charge in [0.1, 0.15) is 0 Å². The van der Waals surface area contributed by atoms with Crippen LogP contribution in [0.25, 0.3) is 55.8 Å². The standard InChI is InChI=1S/C34H24ClN3/c1-34(2)29-14-7-6-12-27(29)28-18-15-23(20-30(28)34)25-13-8-11-22-19-24(16-17-26(22)25)32-36-31(37-33(35)38-32)21-9-4-3-5-10-21/h3-20H,1-2H3. The summed E-state index contributed by atoms with van der Waals surface area (Å²) in [5, 5.41) is 2.50. The first-order chi connectivity index (χ1) is 18.5. The van der Waals surface area contributed by atoms with Crippen molar-refractivity contribution in [3.63, 3.8) is 0 Å². The molecule has 0 amide bonds. The second-order valence-corrected chi connectivity index (χ2v) is 10.6. The van der Waals surface area contributed by atoms with Crippen LogP contribution in [0.2, 0.25) is 5.28 Å². The molecule has 5 aromatic carbocycles. The van der Waals surface area contributed by atoms with Gasteiger partial charge in [-0.1, -0.05) is 111 Å². The van der Waals surface area contributed by atoms with Crippen molar-refractivity contribution < 1.29 is 0 Å². The second-order valence-electron chi connectivity index (χ2n) is 10.3. The Morgan fingerprint density at radius 2 is 1.21 bits per heavy atom. The SMILES string of the molecule is CC1(C)c2ccccc2-c2ccc(-c3cccc4cc(-c5nc(Cl)nc(-c6ccccc6)n5)ccc34)cc21. The van der Waals surface area contributed by atoms with Gasteiger partial charge in [-0.2, -0.15) is 9.97 Å². The molecule has 0 fully saturated rings. The molecule has 0 N–H and O–H groups in total. The van der Waals surface area contributed by atoms with Crippen molar-refractivity contribution in [2.45, 2.75) is 19.3 Å². The van der Waals surface area contributed by atoms with E-state index in [4.69, 9.17) is 16.6 Å². The van der Waals surface area contributed by atoms with Gasteiger partial charge in [-0.05, 0) is 67.9 Å². The third-order valence-electron chi connectivity index (χ3n) is 7.67. The quantitative estimate of drug-likeness (QED) is 0.239. The van der Waals surface area contributed by atoms with E-state index in [1.807, 2.05) is 30.3 Å². The van der Waals surface area contributed by atoms with Crippen molar-refractivity contribution in [1.82, 2.24) is 15.0 Å². The summed E-state index contributed by atoms with van der Waals surface area (Å²) in [7, 11) is 0. The van der Waals surface area contributed by atoms with Crippen LogP contribution in [0.5, 0.6) is 0 Å². The summed E-state index contributed by atoms with van der Waals surface area (Å²) >= 11 is 6.31. The molecule has 0 unspecified atom stereocenters. The van der Waals surface area contributed by atoms with E-state index in [9.17, 15) is 0 Å². The third kappa shape index (κ3) is 3.62. The summed E-state index contributed by atoms with van der Waals surface area (Å²) in [6, 6.07) is 38.3. The van der Waals surface area contributed by atoms with Gasteiger partial charge in [0.15, 0.2) is 11.6 Å². The molecule has 3 nitrogen and oxygen atoms in total. The van der Waals surface area contributed by atoms with Gasteiger partial charge in [-0.3, -0.25) is 0 Å². The molecule has 0 bridgehead atoms. The number of benzene rings is 5. The summed E-state index contributed by atoms with van der Waals surface area (Å²) in [5.74, 6) is 1.13. The predicted molar refractivity (Wildman–Crippen MR) is 156 cm³/mol. The molecule has 7 rings (SSSR count). The molecule has 4 heteroatoms. The Hall–Kier alpha value is -4.34. The average molecular weight is 510 g/mol.